The van der Waals surface area contributed by atoms with E-state index < -0.39 is 17.8 Å². The fourth-order valence-corrected chi connectivity index (χ4v) is 1.97. The Bertz CT molecular complexity index is 634. The molecule has 0 saturated heterocycles. The van der Waals surface area contributed by atoms with Crippen LogP contribution >= 0.6 is 12.2 Å². The van der Waals surface area contributed by atoms with Crippen LogP contribution in [-0.2, 0) is 25.5 Å². The SMILES string of the molecule is CCOC(=O)CCC(=O)NC(=S)NNC(=O)COc1ccc(CC)cc1. The van der Waals surface area contributed by atoms with Gasteiger partial charge in [-0.05, 0) is 43.3 Å². The first-order valence-corrected chi connectivity index (χ1v) is 8.61. The highest BCUT2D eigenvalue weighted by molar-refractivity contribution is 7.80. The van der Waals surface area contributed by atoms with Gasteiger partial charge >= 0.3 is 5.97 Å². The van der Waals surface area contributed by atoms with E-state index in [0.717, 1.165) is 6.42 Å². The molecule has 9 heteroatoms. The van der Waals surface area contributed by atoms with Crippen molar-refractivity contribution < 1.29 is 23.9 Å². The van der Waals surface area contributed by atoms with Gasteiger partial charge in [-0.25, -0.2) is 0 Å². The molecular weight excluding hydrogens is 358 g/mol. The summed E-state index contributed by atoms with van der Waals surface area (Å²) >= 11 is 4.87. The smallest absolute Gasteiger partial charge is 0.306 e. The number of hydrogen-bond donors (Lipinski definition) is 3. The van der Waals surface area contributed by atoms with Gasteiger partial charge in [-0.2, -0.15) is 0 Å². The minimum atomic E-state index is -0.465. The average Bonchev–Trinajstić information content (AvgIpc) is 2.63. The lowest BCUT2D eigenvalue weighted by molar-refractivity contribution is -0.144. The Hall–Kier alpha value is -2.68. The Balaban J connectivity index is 2.21. The lowest BCUT2D eigenvalue weighted by Crippen LogP contribution is -2.49. The topological polar surface area (TPSA) is 106 Å². The molecule has 1 aromatic rings. The van der Waals surface area contributed by atoms with Gasteiger partial charge in [0, 0.05) is 6.42 Å². The zero-order valence-corrected chi connectivity index (χ0v) is 15.6. The highest BCUT2D eigenvalue weighted by Gasteiger charge is 2.10. The molecule has 0 radical (unpaired) electrons. The molecule has 3 N–H and O–H groups in total. The monoisotopic (exact) mass is 381 g/mol. The number of nitrogens with one attached hydrogen (secondary N) is 3. The van der Waals surface area contributed by atoms with Crippen LogP contribution in [0.4, 0.5) is 0 Å². The van der Waals surface area contributed by atoms with Crippen molar-refractivity contribution in [3.63, 3.8) is 0 Å². The third-order valence-corrected chi connectivity index (χ3v) is 3.34. The number of amides is 2. The highest BCUT2D eigenvalue weighted by Crippen LogP contribution is 2.12. The predicted molar refractivity (Wildman–Crippen MR) is 99.2 cm³/mol. The molecule has 1 aromatic carbocycles. The summed E-state index contributed by atoms with van der Waals surface area (Å²) in [5.41, 5.74) is 5.86. The first kappa shape index (κ1) is 21.4. The maximum atomic E-state index is 11.7. The third-order valence-electron chi connectivity index (χ3n) is 3.13. The summed E-state index contributed by atoms with van der Waals surface area (Å²) in [5, 5.41) is 2.25. The normalized spacial score (nSPS) is 9.77. The van der Waals surface area contributed by atoms with Crippen molar-refractivity contribution in [2.45, 2.75) is 33.1 Å². The molecule has 2 amide bonds. The van der Waals surface area contributed by atoms with Gasteiger partial charge in [0.05, 0.1) is 13.0 Å². The fourth-order valence-electron chi connectivity index (χ4n) is 1.80. The Kier molecular flexibility index (Phi) is 9.70. The van der Waals surface area contributed by atoms with Crippen molar-refractivity contribution in [3.8, 4) is 5.75 Å². The fraction of sp³-hybridized carbons (Fsp3) is 0.412. The second-order valence-electron chi connectivity index (χ2n) is 5.14. The van der Waals surface area contributed by atoms with Gasteiger partial charge in [-0.3, -0.25) is 25.2 Å². The van der Waals surface area contributed by atoms with Gasteiger partial charge < -0.3 is 14.8 Å². The van der Waals surface area contributed by atoms with Crippen molar-refractivity contribution in [2.24, 2.45) is 0 Å². The standard InChI is InChI=1S/C17H23N3O5S/c1-3-12-5-7-13(8-6-12)25-11-15(22)19-20-17(26)18-14(21)9-10-16(23)24-4-2/h5-8H,3-4,9-11H2,1-2H3,(H,19,22)(H2,18,20,21,26). The quantitative estimate of drug-likeness (QED) is 0.350. The number of carbonyl (C=O) groups excluding carboxylic acids is 3. The number of rotatable bonds is 8. The maximum Gasteiger partial charge on any atom is 0.306 e. The number of ether oxygens (including phenoxy) is 2. The van der Waals surface area contributed by atoms with Gasteiger partial charge in [0.2, 0.25) is 5.91 Å². The van der Waals surface area contributed by atoms with E-state index in [1.165, 1.54) is 5.56 Å². The van der Waals surface area contributed by atoms with Crippen molar-refractivity contribution in [3.05, 3.63) is 29.8 Å². The highest BCUT2D eigenvalue weighted by atomic mass is 32.1. The van der Waals surface area contributed by atoms with E-state index >= 15 is 0 Å². The summed E-state index contributed by atoms with van der Waals surface area (Å²) in [6.45, 7) is 3.78. The first-order valence-electron chi connectivity index (χ1n) is 8.20. The van der Waals surface area contributed by atoms with Gasteiger partial charge in [-0.15, -0.1) is 0 Å². The summed E-state index contributed by atoms with van der Waals surface area (Å²) in [6, 6.07) is 7.42. The molecule has 0 unspecified atom stereocenters. The number of carbonyl (C=O) groups is 3. The minimum absolute atomic E-state index is 0.0424. The van der Waals surface area contributed by atoms with Crippen LogP contribution in [0.3, 0.4) is 0 Å². The average molecular weight is 381 g/mol. The van der Waals surface area contributed by atoms with Crippen molar-refractivity contribution in [1.29, 1.82) is 0 Å². The lowest BCUT2D eigenvalue weighted by Gasteiger charge is -2.11. The molecule has 0 spiro atoms. The van der Waals surface area contributed by atoms with Gasteiger partial charge in [0.25, 0.3) is 5.91 Å². The summed E-state index contributed by atoms with van der Waals surface area (Å²) in [4.78, 5) is 34.4. The molecule has 0 saturated carbocycles. The molecular formula is C17H23N3O5S. The van der Waals surface area contributed by atoms with Crippen LogP contribution < -0.4 is 20.9 Å². The van der Waals surface area contributed by atoms with E-state index in [-0.39, 0.29) is 31.2 Å². The molecule has 26 heavy (non-hydrogen) atoms. The number of benzene rings is 1. The van der Waals surface area contributed by atoms with E-state index in [9.17, 15) is 14.4 Å². The number of esters is 1. The lowest BCUT2D eigenvalue weighted by atomic mass is 10.2. The van der Waals surface area contributed by atoms with Crippen LogP contribution in [0.5, 0.6) is 5.75 Å². The minimum Gasteiger partial charge on any atom is -0.484 e. The summed E-state index contributed by atoms with van der Waals surface area (Å²) in [5.74, 6) is -0.809. The molecule has 0 heterocycles. The summed E-state index contributed by atoms with van der Waals surface area (Å²) < 4.78 is 10.0. The van der Waals surface area contributed by atoms with Gasteiger partial charge in [0.1, 0.15) is 5.75 Å². The van der Waals surface area contributed by atoms with Crippen LogP contribution in [0.2, 0.25) is 0 Å². The van der Waals surface area contributed by atoms with Crippen molar-refractivity contribution in [1.82, 2.24) is 16.2 Å². The van der Waals surface area contributed by atoms with E-state index in [2.05, 4.69) is 16.2 Å². The largest absolute Gasteiger partial charge is 0.484 e. The van der Waals surface area contributed by atoms with Gasteiger partial charge in [-0.1, -0.05) is 19.1 Å². The number of aryl methyl sites for hydroxylation is 1. The molecule has 0 aliphatic heterocycles. The molecule has 1 rings (SSSR count). The molecule has 0 bridgehead atoms. The Morgan fingerprint density at radius 1 is 1.00 bits per heavy atom. The zero-order valence-electron chi connectivity index (χ0n) is 14.8. The van der Waals surface area contributed by atoms with E-state index in [1.54, 1.807) is 19.1 Å². The van der Waals surface area contributed by atoms with Crippen LogP contribution in [0.1, 0.15) is 32.3 Å². The van der Waals surface area contributed by atoms with Crippen LogP contribution in [0, 0.1) is 0 Å². The predicted octanol–water partition coefficient (Wildman–Crippen LogP) is 0.993. The van der Waals surface area contributed by atoms with Crippen LogP contribution in [-0.4, -0.2) is 36.1 Å². The number of hydrogen-bond acceptors (Lipinski definition) is 6. The van der Waals surface area contributed by atoms with Crippen LogP contribution in [0.25, 0.3) is 0 Å². The molecule has 8 nitrogen and oxygen atoms in total. The van der Waals surface area contributed by atoms with Crippen molar-refractivity contribution in [2.75, 3.05) is 13.2 Å². The Morgan fingerprint density at radius 3 is 2.31 bits per heavy atom. The Morgan fingerprint density at radius 2 is 1.69 bits per heavy atom. The molecule has 0 fully saturated rings. The zero-order chi connectivity index (χ0) is 19.4. The molecule has 0 aromatic heterocycles. The number of hydrazine groups is 1. The molecule has 0 aliphatic rings. The molecule has 142 valence electrons. The maximum absolute atomic E-state index is 11.7. The van der Waals surface area contributed by atoms with Gasteiger partial charge in [0.15, 0.2) is 11.7 Å². The third kappa shape index (κ3) is 8.97. The summed E-state index contributed by atoms with van der Waals surface area (Å²) in [7, 11) is 0. The molecule has 0 atom stereocenters. The molecule has 0 aliphatic carbocycles. The second kappa shape index (κ2) is 11.8. The second-order valence-corrected chi connectivity index (χ2v) is 5.55. The van der Waals surface area contributed by atoms with Crippen molar-refractivity contribution >= 4 is 35.1 Å². The summed E-state index contributed by atoms with van der Waals surface area (Å²) in [6.07, 6.45) is 0.818. The number of thiocarbonyl (C=S) groups is 1. The van der Waals surface area contributed by atoms with E-state index in [4.69, 9.17) is 21.7 Å². The Labute approximate surface area is 157 Å². The van der Waals surface area contributed by atoms with E-state index in [1.807, 2.05) is 19.1 Å². The van der Waals surface area contributed by atoms with E-state index in [0.29, 0.717) is 5.75 Å². The first-order chi connectivity index (χ1) is 12.4. The van der Waals surface area contributed by atoms with Crippen LogP contribution in [0.15, 0.2) is 24.3 Å².